The number of nitrogens with zero attached hydrogens (tertiary/aromatic N) is 2. The standard InChI is InChI=1S/C10H7F2N3O2/c1-5-8(17-4-13-5)10(16)14-6-2-3-7(11)15-9(6)12/h2-4H,1H3,(H,14,16). The summed E-state index contributed by atoms with van der Waals surface area (Å²) in [6, 6.07) is 2.01. The molecule has 7 heteroatoms. The van der Waals surface area contributed by atoms with Crippen molar-refractivity contribution < 1.29 is 18.0 Å². The number of amides is 1. The van der Waals surface area contributed by atoms with Crippen LogP contribution in [0.4, 0.5) is 14.5 Å². The molecule has 0 spiro atoms. The molecule has 2 heterocycles. The van der Waals surface area contributed by atoms with Gasteiger partial charge < -0.3 is 9.73 Å². The molecule has 5 nitrogen and oxygen atoms in total. The molecule has 88 valence electrons. The highest BCUT2D eigenvalue weighted by Gasteiger charge is 2.16. The minimum atomic E-state index is -1.10. The van der Waals surface area contributed by atoms with Gasteiger partial charge in [-0.15, -0.1) is 0 Å². The van der Waals surface area contributed by atoms with Crippen LogP contribution in [0, 0.1) is 18.8 Å². The number of halogens is 2. The lowest BCUT2D eigenvalue weighted by Gasteiger charge is -2.03. The van der Waals surface area contributed by atoms with Crippen LogP contribution in [0.15, 0.2) is 22.9 Å². The number of hydrogen-bond donors (Lipinski definition) is 1. The molecule has 0 aliphatic rings. The van der Waals surface area contributed by atoms with Gasteiger partial charge >= 0.3 is 0 Å². The van der Waals surface area contributed by atoms with Crippen LogP contribution in [-0.2, 0) is 0 Å². The van der Waals surface area contributed by atoms with Gasteiger partial charge in [0, 0.05) is 0 Å². The molecule has 2 rings (SSSR count). The molecule has 0 unspecified atom stereocenters. The van der Waals surface area contributed by atoms with E-state index in [2.05, 4.69) is 15.3 Å². The van der Waals surface area contributed by atoms with Gasteiger partial charge in [0.2, 0.25) is 17.7 Å². The van der Waals surface area contributed by atoms with Crippen LogP contribution in [0.2, 0.25) is 0 Å². The van der Waals surface area contributed by atoms with E-state index in [0.717, 1.165) is 18.5 Å². The molecule has 0 aromatic carbocycles. The van der Waals surface area contributed by atoms with Gasteiger partial charge in [-0.1, -0.05) is 0 Å². The lowest BCUT2D eigenvalue weighted by atomic mass is 10.3. The van der Waals surface area contributed by atoms with Crippen LogP contribution in [0.5, 0.6) is 0 Å². The van der Waals surface area contributed by atoms with Crippen molar-refractivity contribution in [3.05, 3.63) is 41.9 Å². The van der Waals surface area contributed by atoms with Crippen LogP contribution in [0.1, 0.15) is 16.2 Å². The molecule has 2 aromatic rings. The van der Waals surface area contributed by atoms with E-state index in [9.17, 15) is 13.6 Å². The van der Waals surface area contributed by atoms with Crippen molar-refractivity contribution in [2.45, 2.75) is 6.92 Å². The number of rotatable bonds is 2. The SMILES string of the molecule is Cc1ncoc1C(=O)Nc1ccc(F)nc1F. The first kappa shape index (κ1) is 11.2. The zero-order chi connectivity index (χ0) is 12.4. The Labute approximate surface area is 94.5 Å². The minimum Gasteiger partial charge on any atom is -0.438 e. The van der Waals surface area contributed by atoms with Crippen molar-refractivity contribution in [3.8, 4) is 0 Å². The van der Waals surface area contributed by atoms with E-state index in [-0.39, 0.29) is 11.4 Å². The number of nitrogens with one attached hydrogen (secondary N) is 1. The number of oxazole rings is 1. The van der Waals surface area contributed by atoms with Crippen LogP contribution in [0.25, 0.3) is 0 Å². The molecule has 17 heavy (non-hydrogen) atoms. The average Bonchev–Trinajstić information content (AvgIpc) is 2.68. The largest absolute Gasteiger partial charge is 0.438 e. The highest BCUT2D eigenvalue weighted by molar-refractivity contribution is 6.02. The van der Waals surface area contributed by atoms with Crippen molar-refractivity contribution in [2.75, 3.05) is 5.32 Å². The van der Waals surface area contributed by atoms with E-state index in [1.807, 2.05) is 0 Å². The zero-order valence-corrected chi connectivity index (χ0v) is 8.70. The Balaban J connectivity index is 2.22. The Morgan fingerprint density at radius 2 is 2.18 bits per heavy atom. The van der Waals surface area contributed by atoms with Gasteiger partial charge in [0.1, 0.15) is 0 Å². The molecule has 1 N–H and O–H groups in total. The second-order valence-electron chi connectivity index (χ2n) is 3.19. The van der Waals surface area contributed by atoms with Gasteiger partial charge in [0.15, 0.2) is 6.39 Å². The Morgan fingerprint density at radius 3 is 2.76 bits per heavy atom. The highest BCUT2D eigenvalue weighted by atomic mass is 19.1. The molecule has 0 aliphatic heterocycles. The number of anilines is 1. The third kappa shape index (κ3) is 2.27. The molecular weight excluding hydrogens is 232 g/mol. The molecule has 0 aliphatic carbocycles. The van der Waals surface area contributed by atoms with Crippen LogP contribution in [0.3, 0.4) is 0 Å². The first-order chi connectivity index (χ1) is 8.08. The first-order valence-corrected chi connectivity index (χ1v) is 4.61. The van der Waals surface area contributed by atoms with Crippen LogP contribution >= 0.6 is 0 Å². The van der Waals surface area contributed by atoms with Crippen molar-refractivity contribution in [1.29, 1.82) is 0 Å². The second-order valence-corrected chi connectivity index (χ2v) is 3.19. The van der Waals surface area contributed by atoms with Gasteiger partial charge in [0.05, 0.1) is 11.4 Å². The fraction of sp³-hybridized carbons (Fsp3) is 0.100. The summed E-state index contributed by atoms with van der Waals surface area (Å²) in [6.07, 6.45) is 1.10. The Morgan fingerprint density at radius 1 is 1.41 bits per heavy atom. The maximum Gasteiger partial charge on any atom is 0.293 e. The molecule has 0 saturated heterocycles. The maximum atomic E-state index is 13.1. The van der Waals surface area contributed by atoms with E-state index in [0.29, 0.717) is 5.69 Å². The molecule has 0 saturated carbocycles. The summed E-state index contributed by atoms with van der Waals surface area (Å²) in [5.41, 5.74) is 0.144. The lowest BCUT2D eigenvalue weighted by Crippen LogP contribution is -2.14. The van der Waals surface area contributed by atoms with Crippen molar-refractivity contribution >= 4 is 11.6 Å². The van der Waals surface area contributed by atoms with Gasteiger partial charge in [0.25, 0.3) is 5.91 Å². The number of carbonyl (C=O) groups excluding carboxylic acids is 1. The molecule has 0 bridgehead atoms. The van der Waals surface area contributed by atoms with Crippen molar-refractivity contribution in [1.82, 2.24) is 9.97 Å². The summed E-state index contributed by atoms with van der Waals surface area (Å²) in [6.45, 7) is 1.57. The Bertz CT molecular complexity index is 568. The van der Waals surface area contributed by atoms with Crippen molar-refractivity contribution in [3.63, 3.8) is 0 Å². The number of aryl methyl sites for hydroxylation is 1. The number of carbonyl (C=O) groups is 1. The smallest absolute Gasteiger partial charge is 0.293 e. The number of aromatic nitrogens is 2. The zero-order valence-electron chi connectivity index (χ0n) is 8.70. The Hall–Kier alpha value is -2.31. The van der Waals surface area contributed by atoms with E-state index in [1.165, 1.54) is 0 Å². The molecular formula is C10H7F2N3O2. The van der Waals surface area contributed by atoms with Gasteiger partial charge in [-0.25, -0.2) is 4.98 Å². The summed E-state index contributed by atoms with van der Waals surface area (Å²) in [5, 5.41) is 2.20. The summed E-state index contributed by atoms with van der Waals surface area (Å²) >= 11 is 0. The molecule has 2 aromatic heterocycles. The lowest BCUT2D eigenvalue weighted by molar-refractivity contribution is 0.0995. The second kappa shape index (κ2) is 4.28. The normalized spacial score (nSPS) is 10.3. The van der Waals surface area contributed by atoms with Crippen LogP contribution < -0.4 is 5.32 Å². The number of hydrogen-bond acceptors (Lipinski definition) is 4. The van der Waals surface area contributed by atoms with Gasteiger partial charge in [-0.05, 0) is 19.1 Å². The van der Waals surface area contributed by atoms with E-state index in [4.69, 9.17) is 4.42 Å². The third-order valence-electron chi connectivity index (χ3n) is 2.01. The fourth-order valence-electron chi connectivity index (χ4n) is 1.20. The molecule has 1 amide bonds. The van der Waals surface area contributed by atoms with Gasteiger partial charge in [-0.2, -0.15) is 13.8 Å². The summed E-state index contributed by atoms with van der Waals surface area (Å²) in [5.74, 6) is -2.77. The molecule has 0 atom stereocenters. The predicted molar refractivity (Wildman–Crippen MR) is 53.3 cm³/mol. The summed E-state index contributed by atoms with van der Waals surface area (Å²) < 4.78 is 30.5. The fourth-order valence-corrected chi connectivity index (χ4v) is 1.20. The number of pyridine rings is 1. The quantitative estimate of drug-likeness (QED) is 0.813. The first-order valence-electron chi connectivity index (χ1n) is 4.61. The average molecular weight is 239 g/mol. The monoisotopic (exact) mass is 239 g/mol. The topological polar surface area (TPSA) is 68.0 Å². The molecule has 0 fully saturated rings. The third-order valence-corrected chi connectivity index (χ3v) is 2.01. The van der Waals surface area contributed by atoms with E-state index < -0.39 is 17.8 Å². The van der Waals surface area contributed by atoms with Gasteiger partial charge in [-0.3, -0.25) is 4.79 Å². The minimum absolute atomic E-state index is 0.0336. The van der Waals surface area contributed by atoms with E-state index in [1.54, 1.807) is 6.92 Å². The summed E-state index contributed by atoms with van der Waals surface area (Å²) in [4.78, 5) is 18.3. The highest BCUT2D eigenvalue weighted by Crippen LogP contribution is 2.14. The van der Waals surface area contributed by atoms with Crippen molar-refractivity contribution in [2.24, 2.45) is 0 Å². The predicted octanol–water partition coefficient (Wildman–Crippen LogP) is 1.91. The molecule has 0 radical (unpaired) electrons. The van der Waals surface area contributed by atoms with E-state index >= 15 is 0 Å². The maximum absolute atomic E-state index is 13.1. The van der Waals surface area contributed by atoms with Crippen LogP contribution in [-0.4, -0.2) is 15.9 Å². The Kier molecular flexibility index (Phi) is 2.82. The summed E-state index contributed by atoms with van der Waals surface area (Å²) in [7, 11) is 0.